The molecule has 9 nitrogen and oxygen atoms in total. The summed E-state index contributed by atoms with van der Waals surface area (Å²) in [6.07, 6.45) is 0.932. The van der Waals surface area contributed by atoms with Crippen LogP contribution in [0.1, 0.15) is 40.2 Å². The molecule has 1 fully saturated rings. The van der Waals surface area contributed by atoms with Crippen molar-refractivity contribution in [2.45, 2.75) is 63.8 Å². The minimum Gasteiger partial charge on any atom is -0.492 e. The van der Waals surface area contributed by atoms with Crippen LogP contribution in [0.4, 0.5) is 4.79 Å². The molecule has 1 amide bonds. The molecule has 6 rings (SSSR count). The summed E-state index contributed by atoms with van der Waals surface area (Å²) >= 11 is 0. The van der Waals surface area contributed by atoms with Crippen LogP contribution >= 0.6 is 0 Å². The van der Waals surface area contributed by atoms with Gasteiger partial charge in [0.05, 0.1) is 4.90 Å². The number of nitrogens with zero attached hydrogens (tertiary/aromatic N) is 2. The van der Waals surface area contributed by atoms with Crippen LogP contribution in [0.3, 0.4) is 0 Å². The van der Waals surface area contributed by atoms with Crippen LogP contribution in [-0.4, -0.2) is 74.5 Å². The lowest BCUT2D eigenvalue weighted by Crippen LogP contribution is -2.59. The van der Waals surface area contributed by atoms with Crippen LogP contribution in [-0.2, 0) is 21.2 Å². The fourth-order valence-corrected chi connectivity index (χ4v) is 7.05. The van der Waals surface area contributed by atoms with Crippen LogP contribution in [0.5, 0.6) is 23.0 Å². The van der Waals surface area contributed by atoms with Crippen LogP contribution in [0.15, 0.2) is 114 Å². The highest BCUT2D eigenvalue weighted by Crippen LogP contribution is 2.41. The van der Waals surface area contributed by atoms with E-state index in [4.69, 9.17) is 18.9 Å². The molecule has 278 valence electrons. The largest absolute Gasteiger partial charge is 0.492 e. The van der Waals surface area contributed by atoms with E-state index >= 15 is 0 Å². The van der Waals surface area contributed by atoms with Gasteiger partial charge in [-0.1, -0.05) is 48.5 Å². The first-order chi connectivity index (χ1) is 25.2. The lowest BCUT2D eigenvalue weighted by molar-refractivity contribution is -0.0119. The second kappa shape index (κ2) is 15.9. The number of benzene rings is 5. The molecular formula is C43H48N2O7S. The van der Waals surface area contributed by atoms with E-state index < -0.39 is 15.4 Å². The highest BCUT2D eigenvalue weighted by Gasteiger charge is 2.34. The van der Waals surface area contributed by atoms with Gasteiger partial charge in [-0.05, 0) is 112 Å². The van der Waals surface area contributed by atoms with Crippen LogP contribution < -0.4 is 14.2 Å². The fraction of sp³-hybridized carbons (Fsp3) is 0.326. The standard InChI is InChI=1S/C43H48N2O7S/c1-30-28-45(42(46)52-43(3,4)5)31(2)27-44(30)24-25-49-35-15-17-36(18-16-35)51-41-39(33-12-20-38(21-13-33)53(6,47)48)22-14-34-26-37(19-23-40(34)41)50-29-32-10-8-7-9-11-32/h7-23,26,30-31H,24-25,27-29H2,1-6H3/t30-,31+/m0/s1. The van der Waals surface area contributed by atoms with Crippen molar-refractivity contribution in [3.63, 3.8) is 0 Å². The Bertz CT molecular complexity index is 2130. The lowest BCUT2D eigenvalue weighted by atomic mass is 9.99. The van der Waals surface area contributed by atoms with Crippen molar-refractivity contribution in [2.75, 3.05) is 32.5 Å². The number of piperazine rings is 1. The second-order valence-corrected chi connectivity index (χ2v) is 16.7. The third kappa shape index (κ3) is 9.68. The van der Waals surface area contributed by atoms with E-state index in [0.29, 0.717) is 31.3 Å². The molecule has 5 aromatic rings. The van der Waals surface area contributed by atoms with E-state index in [2.05, 4.69) is 11.8 Å². The number of ether oxygens (including phenoxy) is 4. The highest BCUT2D eigenvalue weighted by atomic mass is 32.2. The Morgan fingerprint density at radius 2 is 1.45 bits per heavy atom. The average Bonchev–Trinajstić information content (AvgIpc) is 3.12. The number of hydrogen-bond donors (Lipinski definition) is 0. The number of amides is 1. The molecule has 53 heavy (non-hydrogen) atoms. The molecule has 0 spiro atoms. The van der Waals surface area contributed by atoms with E-state index in [1.807, 2.05) is 118 Å². The summed E-state index contributed by atoms with van der Waals surface area (Å²) in [5, 5.41) is 1.83. The molecular weight excluding hydrogens is 689 g/mol. The van der Waals surface area contributed by atoms with Gasteiger partial charge in [0.2, 0.25) is 0 Å². The van der Waals surface area contributed by atoms with Gasteiger partial charge in [0.25, 0.3) is 0 Å². The maximum Gasteiger partial charge on any atom is 0.410 e. The summed E-state index contributed by atoms with van der Waals surface area (Å²) in [4.78, 5) is 17.1. The van der Waals surface area contributed by atoms with Gasteiger partial charge in [-0.25, -0.2) is 13.2 Å². The normalized spacial score (nSPS) is 16.7. The van der Waals surface area contributed by atoms with E-state index in [-0.39, 0.29) is 23.1 Å². The number of carbonyl (C=O) groups is 1. The van der Waals surface area contributed by atoms with Crippen LogP contribution in [0, 0.1) is 0 Å². The van der Waals surface area contributed by atoms with Gasteiger partial charge in [0.1, 0.15) is 41.8 Å². The van der Waals surface area contributed by atoms with Gasteiger partial charge in [-0.3, -0.25) is 4.90 Å². The minimum atomic E-state index is -3.34. The summed E-state index contributed by atoms with van der Waals surface area (Å²) in [5.74, 6) is 2.74. The Balaban J connectivity index is 1.15. The van der Waals surface area contributed by atoms with Gasteiger partial charge >= 0.3 is 6.09 Å². The van der Waals surface area contributed by atoms with Gasteiger partial charge < -0.3 is 23.8 Å². The number of rotatable bonds is 11. The quantitative estimate of drug-likeness (QED) is 0.133. The first-order valence-corrected chi connectivity index (χ1v) is 19.8. The van der Waals surface area contributed by atoms with Gasteiger partial charge in [-0.15, -0.1) is 0 Å². The van der Waals surface area contributed by atoms with E-state index in [9.17, 15) is 13.2 Å². The maximum absolute atomic E-state index is 12.7. The zero-order valence-corrected chi connectivity index (χ0v) is 32.1. The molecule has 1 aliphatic heterocycles. The minimum absolute atomic E-state index is 0.0301. The molecule has 0 aromatic heterocycles. The summed E-state index contributed by atoms with van der Waals surface area (Å²) < 4.78 is 48.8. The molecule has 0 aliphatic carbocycles. The van der Waals surface area contributed by atoms with E-state index in [1.54, 1.807) is 24.3 Å². The Morgan fingerprint density at radius 1 is 0.774 bits per heavy atom. The summed E-state index contributed by atoms with van der Waals surface area (Å²) in [7, 11) is -3.34. The highest BCUT2D eigenvalue weighted by molar-refractivity contribution is 7.90. The Labute approximate surface area is 313 Å². The molecule has 1 aliphatic rings. The molecule has 5 aromatic carbocycles. The molecule has 0 bridgehead atoms. The monoisotopic (exact) mass is 736 g/mol. The van der Waals surface area contributed by atoms with E-state index in [1.165, 1.54) is 6.26 Å². The number of carbonyl (C=O) groups excluding carboxylic acids is 1. The van der Waals surface area contributed by atoms with Crippen molar-refractivity contribution < 1.29 is 32.2 Å². The number of fused-ring (bicyclic) bond motifs is 1. The summed E-state index contributed by atoms with van der Waals surface area (Å²) in [5.41, 5.74) is 2.21. The SMILES string of the molecule is C[C@@H]1CN(CCOc2ccc(Oc3c(-c4ccc(S(C)(=O)=O)cc4)ccc4cc(OCc5ccccc5)ccc34)cc2)[C@@H](C)CN1C(=O)OC(C)(C)C. The predicted molar refractivity (Wildman–Crippen MR) is 209 cm³/mol. The van der Waals surface area contributed by atoms with Gasteiger partial charge in [0.15, 0.2) is 9.84 Å². The molecule has 0 radical (unpaired) electrons. The van der Waals surface area contributed by atoms with Crippen molar-refractivity contribution in [2.24, 2.45) is 0 Å². The molecule has 0 unspecified atom stereocenters. The Hall–Kier alpha value is -5.06. The molecule has 10 heteroatoms. The third-order valence-corrected chi connectivity index (χ3v) is 10.3. The maximum atomic E-state index is 12.7. The number of sulfone groups is 1. The fourth-order valence-electron chi connectivity index (χ4n) is 6.42. The smallest absolute Gasteiger partial charge is 0.410 e. The lowest BCUT2D eigenvalue weighted by Gasteiger charge is -2.44. The molecule has 2 atom stereocenters. The van der Waals surface area contributed by atoms with Crippen molar-refractivity contribution in [1.82, 2.24) is 9.80 Å². The zero-order valence-electron chi connectivity index (χ0n) is 31.2. The first-order valence-electron chi connectivity index (χ1n) is 17.9. The molecule has 0 N–H and O–H groups in total. The summed E-state index contributed by atoms with van der Waals surface area (Å²) in [6.45, 7) is 12.8. The number of hydrogen-bond acceptors (Lipinski definition) is 8. The Kier molecular flexibility index (Phi) is 11.3. The van der Waals surface area contributed by atoms with E-state index in [0.717, 1.165) is 52.1 Å². The van der Waals surface area contributed by atoms with Crippen molar-refractivity contribution in [1.29, 1.82) is 0 Å². The van der Waals surface area contributed by atoms with Crippen LogP contribution in [0.25, 0.3) is 21.9 Å². The van der Waals surface area contributed by atoms with Crippen molar-refractivity contribution in [3.05, 3.63) is 115 Å². The second-order valence-electron chi connectivity index (χ2n) is 14.6. The van der Waals surface area contributed by atoms with Gasteiger partial charge in [-0.2, -0.15) is 0 Å². The van der Waals surface area contributed by atoms with Crippen molar-refractivity contribution in [3.8, 4) is 34.1 Å². The zero-order chi connectivity index (χ0) is 37.8. The molecule has 1 heterocycles. The molecule has 1 saturated heterocycles. The van der Waals surface area contributed by atoms with Gasteiger partial charge in [0, 0.05) is 48.9 Å². The summed E-state index contributed by atoms with van der Waals surface area (Å²) in [6, 6.07) is 34.5. The predicted octanol–water partition coefficient (Wildman–Crippen LogP) is 8.99. The average molecular weight is 737 g/mol. The Morgan fingerprint density at radius 3 is 2.13 bits per heavy atom. The molecule has 0 saturated carbocycles. The third-order valence-electron chi connectivity index (χ3n) is 9.22. The van der Waals surface area contributed by atoms with Crippen molar-refractivity contribution >= 4 is 26.7 Å². The first kappa shape index (κ1) is 37.7. The topological polar surface area (TPSA) is 94.6 Å². The van der Waals surface area contributed by atoms with Crippen LogP contribution in [0.2, 0.25) is 0 Å².